The summed E-state index contributed by atoms with van der Waals surface area (Å²) in [4.78, 5) is 25.5. The third-order valence-electron chi connectivity index (χ3n) is 4.27. The molecule has 152 valence electrons. The number of anilines is 1. The van der Waals surface area contributed by atoms with Crippen molar-refractivity contribution in [3.63, 3.8) is 0 Å². The van der Waals surface area contributed by atoms with Crippen LogP contribution in [0.4, 0.5) is 5.95 Å². The van der Waals surface area contributed by atoms with Crippen LogP contribution in [0.3, 0.4) is 0 Å². The summed E-state index contributed by atoms with van der Waals surface area (Å²) >= 11 is 0. The maximum Gasteiger partial charge on any atom is 0.255 e. The van der Waals surface area contributed by atoms with E-state index in [1.165, 1.54) is 5.56 Å². The Balaban J connectivity index is 1.43. The molecule has 0 aliphatic carbocycles. The van der Waals surface area contributed by atoms with Crippen LogP contribution < -0.4 is 15.6 Å². The van der Waals surface area contributed by atoms with Crippen molar-refractivity contribution < 1.29 is 4.74 Å². The lowest BCUT2D eigenvalue weighted by Crippen LogP contribution is -2.18. The minimum atomic E-state index is -0.139. The van der Waals surface area contributed by atoms with E-state index < -0.39 is 0 Å². The van der Waals surface area contributed by atoms with Gasteiger partial charge in [0.15, 0.2) is 0 Å². The van der Waals surface area contributed by atoms with Crippen molar-refractivity contribution in [1.82, 2.24) is 19.9 Å². The van der Waals surface area contributed by atoms with Crippen molar-refractivity contribution in [2.45, 2.75) is 19.4 Å². The Labute approximate surface area is 170 Å². The molecule has 0 radical (unpaired) electrons. The number of nitrogens with zero attached hydrogens (tertiary/aromatic N) is 3. The fraction of sp³-hybridized carbons (Fsp3) is 0.318. The summed E-state index contributed by atoms with van der Waals surface area (Å²) in [7, 11) is 4.09. The molecule has 0 fully saturated rings. The number of ether oxygens (including phenoxy) is 1. The van der Waals surface area contributed by atoms with Crippen LogP contribution in [0.5, 0.6) is 5.75 Å². The van der Waals surface area contributed by atoms with E-state index in [4.69, 9.17) is 4.74 Å². The first kappa shape index (κ1) is 20.5. The van der Waals surface area contributed by atoms with E-state index in [9.17, 15) is 4.79 Å². The first-order chi connectivity index (χ1) is 14.1. The molecule has 3 aromatic rings. The summed E-state index contributed by atoms with van der Waals surface area (Å²) in [5.41, 5.74) is 2.68. The first-order valence-electron chi connectivity index (χ1n) is 9.67. The maximum absolute atomic E-state index is 12.2. The monoisotopic (exact) mass is 393 g/mol. The smallest absolute Gasteiger partial charge is 0.255 e. The highest BCUT2D eigenvalue weighted by atomic mass is 16.5. The molecule has 1 aromatic carbocycles. The predicted molar refractivity (Wildman–Crippen MR) is 114 cm³/mol. The lowest BCUT2D eigenvalue weighted by atomic mass is 10.1. The van der Waals surface area contributed by atoms with Crippen LogP contribution in [0.1, 0.15) is 23.1 Å². The van der Waals surface area contributed by atoms with Crippen LogP contribution in [0, 0.1) is 0 Å². The van der Waals surface area contributed by atoms with Gasteiger partial charge in [-0.05, 0) is 49.8 Å². The van der Waals surface area contributed by atoms with Crippen LogP contribution >= 0.6 is 0 Å². The van der Waals surface area contributed by atoms with Crippen LogP contribution in [0.15, 0.2) is 59.8 Å². The van der Waals surface area contributed by atoms with Gasteiger partial charge in [-0.1, -0.05) is 18.2 Å². The van der Waals surface area contributed by atoms with Crippen molar-refractivity contribution in [3.8, 4) is 5.75 Å². The van der Waals surface area contributed by atoms with E-state index >= 15 is 0 Å². The average Bonchev–Trinajstić information content (AvgIpc) is 2.70. The van der Waals surface area contributed by atoms with Gasteiger partial charge in [0.2, 0.25) is 5.95 Å². The van der Waals surface area contributed by atoms with Gasteiger partial charge < -0.3 is 15.0 Å². The zero-order chi connectivity index (χ0) is 20.5. The van der Waals surface area contributed by atoms with Gasteiger partial charge in [0, 0.05) is 43.7 Å². The van der Waals surface area contributed by atoms with Crippen molar-refractivity contribution in [2.24, 2.45) is 0 Å². The number of pyridine rings is 1. The second-order valence-corrected chi connectivity index (χ2v) is 7.14. The number of benzene rings is 1. The van der Waals surface area contributed by atoms with Crippen LogP contribution in [-0.4, -0.2) is 47.1 Å². The third kappa shape index (κ3) is 6.73. The molecule has 2 N–H and O–H groups in total. The van der Waals surface area contributed by atoms with E-state index in [-0.39, 0.29) is 5.56 Å². The highest BCUT2D eigenvalue weighted by Crippen LogP contribution is 2.14. The van der Waals surface area contributed by atoms with Crippen LogP contribution in [0.25, 0.3) is 0 Å². The second-order valence-electron chi connectivity index (χ2n) is 7.14. The molecule has 0 spiro atoms. The lowest BCUT2D eigenvalue weighted by molar-refractivity contribution is 0.313. The first-order valence-corrected chi connectivity index (χ1v) is 9.67. The number of hydrogen-bond acceptors (Lipinski definition) is 6. The largest absolute Gasteiger partial charge is 0.494 e. The fourth-order valence-corrected chi connectivity index (χ4v) is 2.93. The number of rotatable bonds is 10. The highest BCUT2D eigenvalue weighted by molar-refractivity contribution is 5.29. The van der Waals surface area contributed by atoms with Gasteiger partial charge in [0.25, 0.3) is 5.56 Å². The molecule has 7 heteroatoms. The van der Waals surface area contributed by atoms with E-state index in [1.807, 2.05) is 38.4 Å². The minimum Gasteiger partial charge on any atom is -0.494 e. The topological polar surface area (TPSA) is 83.1 Å². The normalized spacial score (nSPS) is 10.9. The number of nitrogens with one attached hydrogen (secondary N) is 2. The predicted octanol–water partition coefficient (Wildman–Crippen LogP) is 2.70. The third-order valence-corrected chi connectivity index (χ3v) is 4.27. The summed E-state index contributed by atoms with van der Waals surface area (Å²) < 4.78 is 5.82. The molecule has 0 atom stereocenters. The van der Waals surface area contributed by atoms with E-state index in [2.05, 4.69) is 37.3 Å². The molecule has 0 aliphatic heterocycles. The lowest BCUT2D eigenvalue weighted by Gasteiger charge is -2.12. The zero-order valence-electron chi connectivity index (χ0n) is 16.9. The average molecular weight is 393 g/mol. The van der Waals surface area contributed by atoms with E-state index in [1.54, 1.807) is 18.6 Å². The molecule has 0 unspecified atom stereocenters. The quantitative estimate of drug-likeness (QED) is 0.516. The summed E-state index contributed by atoms with van der Waals surface area (Å²) in [6.45, 7) is 2.12. The summed E-state index contributed by atoms with van der Waals surface area (Å²) in [5.74, 6) is 1.34. The molecule has 0 saturated carbocycles. The van der Waals surface area contributed by atoms with Crippen molar-refractivity contribution in [1.29, 1.82) is 0 Å². The van der Waals surface area contributed by atoms with Crippen molar-refractivity contribution in [3.05, 3.63) is 82.0 Å². The van der Waals surface area contributed by atoms with Crippen LogP contribution in [0.2, 0.25) is 0 Å². The van der Waals surface area contributed by atoms with Gasteiger partial charge in [-0.2, -0.15) is 0 Å². The molecule has 0 saturated heterocycles. The Bertz CT molecular complexity index is 957. The molecular formula is C22H27N5O2. The van der Waals surface area contributed by atoms with Crippen molar-refractivity contribution in [2.75, 3.05) is 32.6 Å². The van der Waals surface area contributed by atoms with Crippen molar-refractivity contribution >= 4 is 5.95 Å². The Morgan fingerprint density at radius 1 is 1.14 bits per heavy atom. The minimum absolute atomic E-state index is 0.139. The molecule has 2 heterocycles. The number of aromatic nitrogens is 3. The fourth-order valence-electron chi connectivity index (χ4n) is 2.93. The number of aromatic amines is 1. The Morgan fingerprint density at radius 2 is 2.00 bits per heavy atom. The summed E-state index contributed by atoms with van der Waals surface area (Å²) in [6, 6.07) is 11.9. The Hall–Kier alpha value is -3.19. The van der Waals surface area contributed by atoms with Gasteiger partial charge in [0.1, 0.15) is 5.75 Å². The molecule has 0 amide bonds. The molecular weight excluding hydrogens is 366 g/mol. The van der Waals surface area contributed by atoms with Gasteiger partial charge in [-0.3, -0.25) is 14.8 Å². The molecule has 7 nitrogen and oxygen atoms in total. The Morgan fingerprint density at radius 3 is 2.76 bits per heavy atom. The van der Waals surface area contributed by atoms with Gasteiger partial charge >= 0.3 is 0 Å². The number of H-pyrrole nitrogens is 1. The van der Waals surface area contributed by atoms with Crippen LogP contribution in [-0.2, 0) is 13.0 Å². The highest BCUT2D eigenvalue weighted by Gasteiger charge is 2.04. The standard InChI is InChI=1S/C22H27N5O2/c1-27(2)16-18-6-3-8-20(13-18)29-11-5-10-24-22-25-15-19(21(28)26-22)12-17-7-4-9-23-14-17/h3-4,6-9,13-15H,5,10-12,16H2,1-2H3,(H2,24,25,26,28). The molecule has 2 aromatic heterocycles. The molecule has 0 aliphatic rings. The SMILES string of the molecule is CN(C)Cc1cccc(OCCCNc2ncc(Cc3cccnc3)c(=O)[nH]2)c1. The van der Waals surface area contributed by atoms with Gasteiger partial charge in [0.05, 0.1) is 6.61 Å². The van der Waals surface area contributed by atoms with E-state index in [0.29, 0.717) is 31.1 Å². The van der Waals surface area contributed by atoms with Gasteiger partial charge in [-0.25, -0.2) is 4.98 Å². The zero-order valence-corrected chi connectivity index (χ0v) is 16.9. The maximum atomic E-state index is 12.2. The Kier molecular flexibility index (Phi) is 7.35. The summed E-state index contributed by atoms with van der Waals surface area (Å²) in [5, 5.41) is 3.13. The van der Waals surface area contributed by atoms with E-state index in [0.717, 1.165) is 24.3 Å². The molecule has 3 rings (SSSR count). The molecule has 0 bridgehead atoms. The van der Waals surface area contributed by atoms with Gasteiger partial charge in [-0.15, -0.1) is 0 Å². The second kappa shape index (κ2) is 10.4. The molecule has 29 heavy (non-hydrogen) atoms. The summed E-state index contributed by atoms with van der Waals surface area (Å²) in [6.07, 6.45) is 6.38. The number of hydrogen-bond donors (Lipinski definition) is 2.